The van der Waals surface area contributed by atoms with E-state index in [1.165, 1.54) is 11.1 Å². The minimum absolute atomic E-state index is 0. The van der Waals surface area contributed by atoms with Gasteiger partial charge in [-0.15, -0.1) is 24.0 Å². The Kier molecular flexibility index (Phi) is 10.2. The molecule has 0 aromatic heterocycles. The Morgan fingerprint density at radius 1 is 1.44 bits per heavy atom. The second kappa shape index (κ2) is 11.6. The van der Waals surface area contributed by atoms with Crippen molar-refractivity contribution in [2.45, 2.75) is 26.7 Å². The summed E-state index contributed by atoms with van der Waals surface area (Å²) in [5.74, 6) is 2.52. The summed E-state index contributed by atoms with van der Waals surface area (Å²) in [4.78, 5) is 7.01. The number of nitrogens with zero attached hydrogens (tertiary/aromatic N) is 2. The molecule has 1 heterocycles. The van der Waals surface area contributed by atoms with Crippen LogP contribution in [0.2, 0.25) is 0 Å². The van der Waals surface area contributed by atoms with Crippen molar-refractivity contribution >= 4 is 29.9 Å². The summed E-state index contributed by atoms with van der Waals surface area (Å²) in [5, 5.41) is 3.39. The number of nitrogens with one attached hydrogen (secondary N) is 1. The van der Waals surface area contributed by atoms with E-state index < -0.39 is 0 Å². The Balaban J connectivity index is 0.00000312. The van der Waals surface area contributed by atoms with E-state index in [1.54, 1.807) is 7.11 Å². The minimum atomic E-state index is 0. The van der Waals surface area contributed by atoms with Gasteiger partial charge in [0.2, 0.25) is 0 Å². The molecule has 1 atom stereocenters. The smallest absolute Gasteiger partial charge is 0.193 e. The highest BCUT2D eigenvalue weighted by molar-refractivity contribution is 14.0. The number of methoxy groups -OCH3 is 1. The Hall–Kier alpha value is -1.02. The van der Waals surface area contributed by atoms with Crippen LogP contribution in [0.4, 0.5) is 0 Å². The molecular formula is C19H32IN3O2. The summed E-state index contributed by atoms with van der Waals surface area (Å²) < 4.78 is 10.9. The van der Waals surface area contributed by atoms with Gasteiger partial charge in [-0.25, -0.2) is 0 Å². The lowest BCUT2D eigenvalue weighted by Gasteiger charge is -2.24. The summed E-state index contributed by atoms with van der Waals surface area (Å²) in [6, 6.07) is 6.29. The van der Waals surface area contributed by atoms with E-state index in [0.29, 0.717) is 5.92 Å². The van der Waals surface area contributed by atoms with E-state index >= 15 is 0 Å². The molecule has 6 heteroatoms. The van der Waals surface area contributed by atoms with Gasteiger partial charge in [0.1, 0.15) is 5.75 Å². The zero-order valence-corrected chi connectivity index (χ0v) is 18.2. The third-order valence-electron chi connectivity index (χ3n) is 4.33. The number of ether oxygens (including phenoxy) is 2. The second-order valence-corrected chi connectivity index (χ2v) is 6.41. The first kappa shape index (κ1) is 22.0. The van der Waals surface area contributed by atoms with Gasteiger partial charge in [0, 0.05) is 39.2 Å². The highest BCUT2D eigenvalue weighted by Crippen LogP contribution is 2.20. The molecule has 25 heavy (non-hydrogen) atoms. The normalized spacial score (nSPS) is 17.1. The number of hydrogen-bond acceptors (Lipinski definition) is 3. The summed E-state index contributed by atoms with van der Waals surface area (Å²) in [7, 11) is 3.83. The van der Waals surface area contributed by atoms with Gasteiger partial charge >= 0.3 is 0 Å². The molecule has 0 spiro atoms. The van der Waals surface area contributed by atoms with E-state index in [0.717, 1.165) is 57.4 Å². The van der Waals surface area contributed by atoms with Crippen LogP contribution in [0.5, 0.6) is 5.75 Å². The molecule has 1 unspecified atom stereocenters. The van der Waals surface area contributed by atoms with Crippen LogP contribution in [0.3, 0.4) is 0 Å². The molecule has 1 aliphatic heterocycles. The average molecular weight is 461 g/mol. The lowest BCUT2D eigenvalue weighted by atomic mass is 10.1. The number of aryl methyl sites for hydroxylation is 1. The fourth-order valence-corrected chi connectivity index (χ4v) is 3.06. The fraction of sp³-hybridized carbons (Fsp3) is 0.632. The molecule has 1 N–H and O–H groups in total. The molecule has 142 valence electrons. The number of halogens is 1. The molecule has 1 fully saturated rings. The first-order chi connectivity index (χ1) is 11.6. The van der Waals surface area contributed by atoms with Gasteiger partial charge in [-0.1, -0.05) is 17.7 Å². The van der Waals surface area contributed by atoms with Crippen LogP contribution in [-0.4, -0.2) is 57.9 Å². The van der Waals surface area contributed by atoms with Gasteiger partial charge < -0.3 is 19.7 Å². The van der Waals surface area contributed by atoms with Crippen LogP contribution < -0.4 is 10.1 Å². The molecule has 1 aromatic carbocycles. The minimum Gasteiger partial charge on any atom is -0.496 e. The SMILES string of the molecule is CCNC(=NCCc1cc(C)ccc1OC)N(C)CC1CCOC1.I. The number of aliphatic imine (C=N–C) groups is 1. The van der Waals surface area contributed by atoms with E-state index in [9.17, 15) is 0 Å². The van der Waals surface area contributed by atoms with E-state index in [4.69, 9.17) is 14.5 Å². The first-order valence-corrected chi connectivity index (χ1v) is 8.84. The topological polar surface area (TPSA) is 46.1 Å². The lowest BCUT2D eigenvalue weighted by molar-refractivity contribution is 0.181. The largest absolute Gasteiger partial charge is 0.496 e. The zero-order valence-electron chi connectivity index (χ0n) is 15.9. The zero-order chi connectivity index (χ0) is 17.4. The molecule has 1 aromatic rings. The number of hydrogen-bond donors (Lipinski definition) is 1. The van der Waals surface area contributed by atoms with Crippen molar-refractivity contribution in [1.29, 1.82) is 0 Å². The second-order valence-electron chi connectivity index (χ2n) is 6.41. The van der Waals surface area contributed by atoms with Crippen LogP contribution in [-0.2, 0) is 11.2 Å². The highest BCUT2D eigenvalue weighted by atomic mass is 127. The Morgan fingerprint density at radius 3 is 2.88 bits per heavy atom. The molecule has 5 nitrogen and oxygen atoms in total. The first-order valence-electron chi connectivity index (χ1n) is 8.84. The number of rotatable bonds is 7. The molecule has 0 bridgehead atoms. The van der Waals surface area contributed by atoms with Crippen LogP contribution >= 0.6 is 24.0 Å². The van der Waals surface area contributed by atoms with Crippen LogP contribution in [0.1, 0.15) is 24.5 Å². The van der Waals surface area contributed by atoms with Crippen LogP contribution in [0, 0.1) is 12.8 Å². The van der Waals surface area contributed by atoms with Crippen molar-refractivity contribution in [3.63, 3.8) is 0 Å². The molecule has 1 aliphatic rings. The molecule has 2 rings (SSSR count). The van der Waals surface area contributed by atoms with E-state index in [-0.39, 0.29) is 24.0 Å². The van der Waals surface area contributed by atoms with E-state index in [1.807, 2.05) is 6.07 Å². The maximum Gasteiger partial charge on any atom is 0.193 e. The van der Waals surface area contributed by atoms with Crippen molar-refractivity contribution in [2.75, 3.05) is 47.0 Å². The third-order valence-corrected chi connectivity index (χ3v) is 4.33. The van der Waals surface area contributed by atoms with Gasteiger partial charge in [-0.3, -0.25) is 4.99 Å². The highest BCUT2D eigenvalue weighted by Gasteiger charge is 2.19. The Labute approximate surface area is 169 Å². The standard InChI is InChI=1S/C19H31N3O2.HI/c1-5-20-19(22(3)13-16-9-11-24-14-16)21-10-8-17-12-15(2)6-7-18(17)23-4;/h6-7,12,16H,5,8-11,13-14H2,1-4H3,(H,20,21);1H. The molecule has 0 amide bonds. The summed E-state index contributed by atoms with van der Waals surface area (Å²) in [6.45, 7) is 8.56. The fourth-order valence-electron chi connectivity index (χ4n) is 3.06. The summed E-state index contributed by atoms with van der Waals surface area (Å²) in [6.07, 6.45) is 2.02. The molecule has 1 saturated heterocycles. The average Bonchev–Trinajstić information content (AvgIpc) is 3.07. The predicted molar refractivity (Wildman–Crippen MR) is 114 cm³/mol. The predicted octanol–water partition coefficient (Wildman–Crippen LogP) is 3.10. The van der Waals surface area contributed by atoms with E-state index in [2.05, 4.69) is 43.2 Å². The van der Waals surface area contributed by atoms with Crippen molar-refractivity contribution in [1.82, 2.24) is 10.2 Å². The van der Waals surface area contributed by atoms with Gasteiger partial charge in [-0.05, 0) is 38.3 Å². The lowest BCUT2D eigenvalue weighted by Crippen LogP contribution is -2.41. The number of benzene rings is 1. The maximum absolute atomic E-state index is 5.47. The Bertz CT molecular complexity index is 545. The summed E-state index contributed by atoms with van der Waals surface area (Å²) >= 11 is 0. The molecule has 0 aliphatic carbocycles. The monoisotopic (exact) mass is 461 g/mol. The number of guanidine groups is 1. The van der Waals surface area contributed by atoms with Crippen molar-refractivity contribution in [2.24, 2.45) is 10.9 Å². The Morgan fingerprint density at radius 2 is 2.24 bits per heavy atom. The quantitative estimate of drug-likeness (QED) is 0.385. The van der Waals surface area contributed by atoms with Crippen molar-refractivity contribution < 1.29 is 9.47 Å². The third kappa shape index (κ3) is 7.01. The van der Waals surface area contributed by atoms with Crippen molar-refractivity contribution in [3.8, 4) is 5.75 Å². The van der Waals surface area contributed by atoms with Crippen molar-refractivity contribution in [3.05, 3.63) is 29.3 Å². The molecular weight excluding hydrogens is 429 g/mol. The van der Waals surface area contributed by atoms with Crippen LogP contribution in [0.15, 0.2) is 23.2 Å². The van der Waals surface area contributed by atoms with Gasteiger partial charge in [0.25, 0.3) is 0 Å². The van der Waals surface area contributed by atoms with Crippen LogP contribution in [0.25, 0.3) is 0 Å². The maximum atomic E-state index is 5.47. The van der Waals surface area contributed by atoms with Gasteiger partial charge in [-0.2, -0.15) is 0 Å². The molecule has 0 saturated carbocycles. The van der Waals surface area contributed by atoms with Gasteiger partial charge in [0.05, 0.1) is 13.7 Å². The molecule has 0 radical (unpaired) electrons. The van der Waals surface area contributed by atoms with Gasteiger partial charge in [0.15, 0.2) is 5.96 Å². The summed E-state index contributed by atoms with van der Waals surface area (Å²) in [5.41, 5.74) is 2.46.